The van der Waals surface area contributed by atoms with Crippen LogP contribution in [0.15, 0.2) is 59.7 Å². The Morgan fingerprint density at radius 3 is 2.76 bits per heavy atom. The van der Waals surface area contributed by atoms with Crippen molar-refractivity contribution in [3.63, 3.8) is 0 Å². The lowest BCUT2D eigenvalue weighted by Gasteiger charge is -2.39. The van der Waals surface area contributed by atoms with Crippen LogP contribution in [0.1, 0.15) is 29.0 Å². The van der Waals surface area contributed by atoms with Crippen LogP contribution in [-0.2, 0) is 6.54 Å². The van der Waals surface area contributed by atoms with Gasteiger partial charge in [0.15, 0.2) is 0 Å². The number of fused-ring (bicyclic) bond motifs is 1. The number of nitrogen functional groups attached to an aromatic ring is 1. The van der Waals surface area contributed by atoms with Gasteiger partial charge in [-0.25, -0.2) is 0 Å². The fourth-order valence-electron chi connectivity index (χ4n) is 4.35. The third-order valence-electron chi connectivity index (χ3n) is 6.20. The molecular formula is C25H25ClN6O2. The maximum atomic E-state index is 13.0. The molecule has 8 nitrogen and oxygen atoms in total. The number of nitrogens with one attached hydrogen (secondary N) is 1. The molecule has 1 aliphatic heterocycles. The van der Waals surface area contributed by atoms with Crippen LogP contribution in [-0.4, -0.2) is 43.2 Å². The molecule has 1 saturated heterocycles. The third-order valence-corrected chi connectivity index (χ3v) is 6.52. The highest BCUT2D eigenvalue weighted by Gasteiger charge is 2.33. The van der Waals surface area contributed by atoms with Gasteiger partial charge >= 0.3 is 0 Å². The number of aryl methyl sites for hydroxylation is 1. The summed E-state index contributed by atoms with van der Waals surface area (Å²) >= 11 is 6.60. The molecule has 0 bridgehead atoms. The van der Waals surface area contributed by atoms with Crippen LogP contribution in [0.5, 0.6) is 0 Å². The number of pyridine rings is 1. The topological polar surface area (TPSA) is 102 Å². The summed E-state index contributed by atoms with van der Waals surface area (Å²) in [5.41, 5.74) is 9.24. The first-order valence-corrected chi connectivity index (χ1v) is 11.5. The maximum absolute atomic E-state index is 13.0. The van der Waals surface area contributed by atoms with Gasteiger partial charge < -0.3 is 20.2 Å². The van der Waals surface area contributed by atoms with E-state index in [1.807, 2.05) is 50.5 Å². The lowest BCUT2D eigenvalue weighted by molar-refractivity contribution is 0.0502. The van der Waals surface area contributed by atoms with Crippen LogP contribution in [0.2, 0.25) is 5.02 Å². The van der Waals surface area contributed by atoms with Crippen molar-refractivity contribution in [3.05, 3.63) is 81.5 Å². The van der Waals surface area contributed by atoms with Crippen molar-refractivity contribution in [2.75, 3.05) is 18.8 Å². The molecule has 1 aromatic carbocycles. The van der Waals surface area contributed by atoms with Crippen molar-refractivity contribution < 1.29 is 4.79 Å². The highest BCUT2D eigenvalue weighted by Crippen LogP contribution is 2.32. The Labute approximate surface area is 201 Å². The number of halogens is 1. The minimum absolute atomic E-state index is 0.0749. The molecule has 0 unspecified atom stereocenters. The summed E-state index contributed by atoms with van der Waals surface area (Å²) in [6.45, 7) is 5.42. The number of carbonyl (C=O) groups excluding carboxylic acids is 1. The molecule has 0 saturated carbocycles. The predicted octanol–water partition coefficient (Wildman–Crippen LogP) is 4.01. The second-order valence-corrected chi connectivity index (χ2v) is 9.00. The largest absolute Gasteiger partial charge is 0.382 e. The second kappa shape index (κ2) is 8.53. The molecule has 174 valence electrons. The van der Waals surface area contributed by atoms with Gasteiger partial charge in [0.05, 0.1) is 16.6 Å². The summed E-state index contributed by atoms with van der Waals surface area (Å²) in [6, 6.07) is 9.24. The molecule has 0 atom stereocenters. The van der Waals surface area contributed by atoms with Crippen LogP contribution in [0, 0.1) is 6.92 Å². The summed E-state index contributed by atoms with van der Waals surface area (Å²) < 4.78 is 3.46. The Hall–Kier alpha value is -3.78. The van der Waals surface area contributed by atoms with Gasteiger partial charge in [-0.15, -0.1) is 0 Å². The lowest BCUT2D eigenvalue weighted by Crippen LogP contribution is -2.50. The van der Waals surface area contributed by atoms with E-state index in [2.05, 4.69) is 10.1 Å². The number of likely N-dealkylation sites (tertiary alicyclic amines) is 1. The quantitative estimate of drug-likeness (QED) is 0.425. The summed E-state index contributed by atoms with van der Waals surface area (Å²) in [4.78, 5) is 30.9. The standard InChI is InChI=1S/C25H25ClN6O2/c1-3-4-8-30-14-20(19-10-15(2)28-23(19)25(30)34)16-5-6-18(21(26)11-16)24(33)31-12-17(13-31)32-9-7-22(27)29-32/h3-7,9-11,14,17,28H,8,12-13H2,1-2H3,(H2,27,29)/b4-3+. The van der Waals surface area contributed by atoms with Gasteiger partial charge in [0.1, 0.15) is 11.3 Å². The highest BCUT2D eigenvalue weighted by molar-refractivity contribution is 6.34. The summed E-state index contributed by atoms with van der Waals surface area (Å²) in [5, 5.41) is 5.43. The van der Waals surface area contributed by atoms with Gasteiger partial charge in [0.25, 0.3) is 11.5 Å². The Kier molecular flexibility index (Phi) is 5.53. The van der Waals surface area contributed by atoms with E-state index in [0.717, 1.165) is 22.2 Å². The van der Waals surface area contributed by atoms with Crippen molar-refractivity contribution in [2.24, 2.45) is 0 Å². The SMILES string of the molecule is C/C=C/Cn1cc(-c2ccc(C(=O)N3CC(n4ccc(N)n4)C3)c(Cl)c2)c2cc(C)[nH]c2c1=O. The number of amides is 1. The number of anilines is 1. The Balaban J connectivity index is 1.44. The van der Waals surface area contributed by atoms with Crippen molar-refractivity contribution in [2.45, 2.75) is 26.4 Å². The fourth-order valence-corrected chi connectivity index (χ4v) is 4.61. The Bertz CT molecular complexity index is 1490. The van der Waals surface area contributed by atoms with E-state index in [-0.39, 0.29) is 17.5 Å². The Morgan fingerprint density at radius 1 is 1.29 bits per heavy atom. The van der Waals surface area contributed by atoms with Crippen molar-refractivity contribution in [1.82, 2.24) is 24.2 Å². The minimum atomic E-state index is -0.117. The number of allylic oxidation sites excluding steroid dienone is 2. The molecule has 0 aliphatic carbocycles. The molecule has 3 N–H and O–H groups in total. The summed E-state index contributed by atoms with van der Waals surface area (Å²) in [6.07, 6.45) is 7.51. The van der Waals surface area contributed by atoms with Gasteiger partial charge in [-0.3, -0.25) is 14.3 Å². The van der Waals surface area contributed by atoms with Crippen LogP contribution >= 0.6 is 11.6 Å². The zero-order chi connectivity index (χ0) is 24.0. The molecule has 4 heterocycles. The smallest absolute Gasteiger partial charge is 0.275 e. The highest BCUT2D eigenvalue weighted by atomic mass is 35.5. The number of aromatic amines is 1. The number of carbonyl (C=O) groups is 1. The molecule has 3 aromatic heterocycles. The maximum Gasteiger partial charge on any atom is 0.275 e. The molecule has 1 fully saturated rings. The van der Waals surface area contributed by atoms with Crippen LogP contribution in [0.3, 0.4) is 0 Å². The third kappa shape index (κ3) is 3.80. The van der Waals surface area contributed by atoms with Crippen LogP contribution in [0.25, 0.3) is 22.0 Å². The van der Waals surface area contributed by atoms with Gasteiger partial charge in [0, 0.05) is 48.7 Å². The molecule has 4 aromatic rings. The van der Waals surface area contributed by atoms with Crippen LogP contribution < -0.4 is 11.3 Å². The molecule has 0 radical (unpaired) electrons. The fraction of sp³-hybridized carbons (Fsp3) is 0.240. The van der Waals surface area contributed by atoms with Gasteiger partial charge in [-0.2, -0.15) is 5.10 Å². The van der Waals surface area contributed by atoms with Crippen molar-refractivity contribution in [1.29, 1.82) is 0 Å². The molecule has 1 amide bonds. The van der Waals surface area contributed by atoms with E-state index >= 15 is 0 Å². The van der Waals surface area contributed by atoms with E-state index in [4.69, 9.17) is 17.3 Å². The number of benzene rings is 1. The first-order chi connectivity index (χ1) is 16.4. The molecule has 0 spiro atoms. The van der Waals surface area contributed by atoms with Gasteiger partial charge in [0.2, 0.25) is 0 Å². The average Bonchev–Trinajstić information content (AvgIpc) is 3.37. The van der Waals surface area contributed by atoms with E-state index in [0.29, 0.717) is 41.6 Å². The van der Waals surface area contributed by atoms with E-state index < -0.39 is 0 Å². The zero-order valence-corrected chi connectivity index (χ0v) is 19.7. The summed E-state index contributed by atoms with van der Waals surface area (Å²) in [5.74, 6) is 0.348. The Morgan fingerprint density at radius 2 is 2.09 bits per heavy atom. The molecule has 1 aliphatic rings. The monoisotopic (exact) mass is 476 g/mol. The minimum Gasteiger partial charge on any atom is -0.382 e. The average molecular weight is 477 g/mol. The number of nitrogens with zero attached hydrogens (tertiary/aromatic N) is 4. The van der Waals surface area contributed by atoms with Gasteiger partial charge in [-0.05, 0) is 43.7 Å². The molecular weight excluding hydrogens is 452 g/mol. The number of rotatable bonds is 5. The van der Waals surface area contributed by atoms with Crippen molar-refractivity contribution in [3.8, 4) is 11.1 Å². The normalized spacial score (nSPS) is 14.3. The van der Waals surface area contributed by atoms with Crippen molar-refractivity contribution >= 4 is 34.2 Å². The van der Waals surface area contributed by atoms with E-state index in [9.17, 15) is 9.59 Å². The van der Waals surface area contributed by atoms with Crippen LogP contribution in [0.4, 0.5) is 5.82 Å². The number of nitrogens with two attached hydrogens (primary N) is 1. The predicted molar refractivity (Wildman–Crippen MR) is 134 cm³/mol. The van der Waals surface area contributed by atoms with E-state index in [1.54, 1.807) is 32.3 Å². The first kappa shape index (κ1) is 22.0. The zero-order valence-electron chi connectivity index (χ0n) is 19.0. The molecule has 34 heavy (non-hydrogen) atoms. The molecule has 9 heteroatoms. The lowest BCUT2D eigenvalue weighted by atomic mass is 10.0. The summed E-state index contributed by atoms with van der Waals surface area (Å²) in [7, 11) is 0. The number of hydrogen-bond acceptors (Lipinski definition) is 4. The number of aromatic nitrogens is 4. The van der Waals surface area contributed by atoms with Gasteiger partial charge in [-0.1, -0.05) is 29.8 Å². The second-order valence-electron chi connectivity index (χ2n) is 8.59. The number of H-pyrrole nitrogens is 1. The number of hydrogen-bond donors (Lipinski definition) is 2. The first-order valence-electron chi connectivity index (χ1n) is 11.1. The molecule has 5 rings (SSSR count). The van der Waals surface area contributed by atoms with E-state index in [1.165, 1.54) is 0 Å².